The largest absolute Gasteiger partial charge is 0.425 e. The van der Waals surface area contributed by atoms with Crippen molar-refractivity contribution in [2.45, 2.75) is 191 Å². The second-order valence-corrected chi connectivity index (χ2v) is 22.3. The van der Waals surface area contributed by atoms with Crippen molar-refractivity contribution in [2.75, 3.05) is 0 Å². The van der Waals surface area contributed by atoms with Crippen molar-refractivity contribution >= 4 is 17.2 Å². The van der Waals surface area contributed by atoms with Gasteiger partial charge in [0.05, 0.1) is 24.4 Å². The summed E-state index contributed by atoms with van der Waals surface area (Å²) < 4.78 is 42.0. The second-order valence-electron chi connectivity index (χ2n) is 20.1. The minimum atomic E-state index is -1.68. The summed E-state index contributed by atoms with van der Waals surface area (Å²) in [6, 6.07) is 3.97. The van der Waals surface area contributed by atoms with E-state index in [1.807, 2.05) is 18.3 Å². The molecule has 7 nitrogen and oxygen atoms in total. The van der Waals surface area contributed by atoms with Crippen molar-refractivity contribution in [1.82, 2.24) is 4.98 Å². The van der Waals surface area contributed by atoms with Crippen LogP contribution >= 0.6 is 17.2 Å². The Bertz CT molecular complexity index is 1200. The summed E-state index contributed by atoms with van der Waals surface area (Å²) in [5.74, 6) is 7.36. The van der Waals surface area contributed by atoms with Gasteiger partial charge in [0.1, 0.15) is 12.3 Å². The molecule has 0 aliphatic heterocycles. The molecule has 0 radical (unpaired) electrons. The number of hydrogen-bond acceptors (Lipinski definition) is 7. The summed E-state index contributed by atoms with van der Waals surface area (Å²) in [5.41, 5.74) is 0.742. The van der Waals surface area contributed by atoms with Gasteiger partial charge >= 0.3 is 17.2 Å². The van der Waals surface area contributed by atoms with Gasteiger partial charge in [-0.2, -0.15) is 0 Å². The van der Waals surface area contributed by atoms with Crippen LogP contribution < -0.4 is 4.52 Å². The predicted octanol–water partition coefficient (Wildman–Crippen LogP) is 14.3. The molecule has 316 valence electrons. The van der Waals surface area contributed by atoms with Gasteiger partial charge in [0.25, 0.3) is 0 Å². The third kappa shape index (κ3) is 13.3. The molecule has 55 heavy (non-hydrogen) atoms. The van der Waals surface area contributed by atoms with E-state index in [0.29, 0.717) is 76.8 Å². The molecule has 0 N–H and O–H groups in total. The Hall–Kier alpha value is -0.390. The van der Waals surface area contributed by atoms with Crippen molar-refractivity contribution in [2.24, 2.45) is 71.0 Å². The molecule has 1 heterocycles. The van der Waals surface area contributed by atoms with Crippen LogP contribution in [0.5, 0.6) is 5.75 Å². The highest BCUT2D eigenvalue weighted by molar-refractivity contribution is 7.42. The first-order valence-corrected chi connectivity index (χ1v) is 24.9. The maximum Gasteiger partial charge on any atom is 0.397 e. The molecule has 0 saturated heterocycles. The summed E-state index contributed by atoms with van der Waals surface area (Å²) >= 11 is 0. The van der Waals surface area contributed by atoms with Crippen LogP contribution in [0.2, 0.25) is 0 Å². The van der Waals surface area contributed by atoms with Gasteiger partial charge < -0.3 is 18.1 Å². The zero-order chi connectivity index (χ0) is 39.8. The predicted molar refractivity (Wildman–Crippen MR) is 228 cm³/mol. The molecule has 4 aliphatic rings. The summed E-state index contributed by atoms with van der Waals surface area (Å²) in [6.07, 6.45) is 16.3. The van der Waals surface area contributed by atoms with Crippen LogP contribution in [0.4, 0.5) is 0 Å². The maximum absolute atomic E-state index is 7.08. The molecule has 5 rings (SSSR count). The highest BCUT2D eigenvalue weighted by atomic mass is 31.2. The van der Waals surface area contributed by atoms with Crippen molar-refractivity contribution in [3.8, 4) is 5.75 Å². The SMILES string of the molecule is CC(C)C1CC[C@@H](C)C[C@H]1OP(Oc1cccnc1COP(O[C@@H]1C[C@H](C)CC[C@H]1C(C)C)O[C@@H]1C[C@H](C)CC[C@H]1C(C)C)O[C@@H]1C[C@H](C)CC[C@H]1C(C)C. The normalized spacial score (nSPS) is 35.6. The Morgan fingerprint density at radius 2 is 0.873 bits per heavy atom. The van der Waals surface area contributed by atoms with E-state index < -0.39 is 17.2 Å². The molecule has 0 bridgehead atoms. The highest BCUT2D eigenvalue weighted by Gasteiger charge is 2.41. The number of hydrogen-bond donors (Lipinski definition) is 0. The van der Waals surface area contributed by atoms with Gasteiger partial charge in [-0.05, 0) is 135 Å². The molecule has 0 aromatic carbocycles. The first kappa shape index (κ1) is 45.7. The molecular formula is C46H81NO6P2. The third-order valence-electron chi connectivity index (χ3n) is 14.1. The van der Waals surface area contributed by atoms with Crippen molar-refractivity contribution in [3.63, 3.8) is 0 Å². The summed E-state index contributed by atoms with van der Waals surface area (Å²) in [7, 11) is -3.30. The minimum Gasteiger partial charge on any atom is -0.425 e. The fourth-order valence-corrected chi connectivity index (χ4v) is 13.1. The molecular weight excluding hydrogens is 724 g/mol. The lowest BCUT2D eigenvalue weighted by molar-refractivity contribution is -0.0136. The van der Waals surface area contributed by atoms with Gasteiger partial charge in [0.15, 0.2) is 5.75 Å². The van der Waals surface area contributed by atoms with E-state index in [2.05, 4.69) is 83.1 Å². The Morgan fingerprint density at radius 3 is 1.22 bits per heavy atom. The molecule has 0 spiro atoms. The number of rotatable bonds is 17. The molecule has 1 aromatic heterocycles. The third-order valence-corrected chi connectivity index (χ3v) is 16.5. The number of pyridine rings is 1. The van der Waals surface area contributed by atoms with E-state index in [4.69, 9.17) is 32.1 Å². The molecule has 13 atom stereocenters. The summed E-state index contributed by atoms with van der Waals surface area (Å²) in [6.45, 7) is 28.4. The monoisotopic (exact) mass is 806 g/mol. The van der Waals surface area contributed by atoms with Crippen LogP contribution in [0.3, 0.4) is 0 Å². The van der Waals surface area contributed by atoms with Gasteiger partial charge in [-0.25, -0.2) is 0 Å². The van der Waals surface area contributed by atoms with Gasteiger partial charge in [-0.3, -0.25) is 14.0 Å². The first-order chi connectivity index (χ1) is 26.2. The van der Waals surface area contributed by atoms with Gasteiger partial charge in [-0.15, -0.1) is 0 Å². The van der Waals surface area contributed by atoms with Crippen LogP contribution in [0.15, 0.2) is 18.3 Å². The second kappa shape index (κ2) is 21.7. The Balaban J connectivity index is 1.39. The highest BCUT2D eigenvalue weighted by Crippen LogP contribution is 2.54. The lowest BCUT2D eigenvalue weighted by Gasteiger charge is -2.41. The standard InChI is InChI=1S/C46H81NO6P2/c1-29(2)37-19-15-33(9)24-43(37)50-54(51-44-25-34(10)16-20-38(44)30(3)4)48-28-41-42(14-13-23-47-41)49-55(52-45-26-35(11)17-21-39(45)31(5)6)53-46-27-36(12)18-22-40(46)32(7)8/h13-14,23,29-40,43-46H,15-22,24-28H2,1-12H3/t33-,34-,35-,36-,37+,38+,39+,40?,43-,44-,45-,46-,55?/m1/s1. The number of nitrogens with zero attached hydrogens (tertiary/aromatic N) is 1. The van der Waals surface area contributed by atoms with Crippen LogP contribution in [-0.2, 0) is 29.2 Å². The van der Waals surface area contributed by atoms with Crippen molar-refractivity contribution in [1.29, 1.82) is 0 Å². The van der Waals surface area contributed by atoms with E-state index in [9.17, 15) is 0 Å². The minimum absolute atomic E-state index is 0.109. The average Bonchev–Trinajstić information content (AvgIpc) is 3.10. The van der Waals surface area contributed by atoms with Gasteiger partial charge in [0.2, 0.25) is 0 Å². The molecule has 4 fully saturated rings. The van der Waals surface area contributed by atoms with E-state index in [-0.39, 0.29) is 31.0 Å². The van der Waals surface area contributed by atoms with Crippen molar-refractivity contribution < 1.29 is 27.1 Å². The maximum atomic E-state index is 7.08. The van der Waals surface area contributed by atoms with Crippen molar-refractivity contribution in [3.05, 3.63) is 24.0 Å². The topological polar surface area (TPSA) is 68.3 Å². The molecule has 9 heteroatoms. The lowest BCUT2D eigenvalue weighted by Crippen LogP contribution is -2.36. The lowest BCUT2D eigenvalue weighted by atomic mass is 9.75. The first-order valence-electron chi connectivity index (χ1n) is 22.7. The molecule has 4 aliphatic carbocycles. The molecule has 1 aromatic rings. The Kier molecular flexibility index (Phi) is 18.1. The Morgan fingerprint density at radius 1 is 0.527 bits per heavy atom. The zero-order valence-electron chi connectivity index (χ0n) is 37.0. The van der Waals surface area contributed by atoms with Crippen LogP contribution in [0, 0.1) is 71.0 Å². The van der Waals surface area contributed by atoms with E-state index in [1.54, 1.807) is 0 Å². The zero-order valence-corrected chi connectivity index (χ0v) is 38.7. The number of aromatic nitrogens is 1. The summed E-state index contributed by atoms with van der Waals surface area (Å²) in [4.78, 5) is 4.86. The average molecular weight is 806 g/mol. The van der Waals surface area contributed by atoms with E-state index in [0.717, 1.165) is 31.4 Å². The Labute approximate surface area is 340 Å². The molecule has 2 unspecified atom stereocenters. The molecule has 0 amide bonds. The fourth-order valence-electron chi connectivity index (χ4n) is 10.3. The fraction of sp³-hybridized carbons (Fsp3) is 0.891. The van der Waals surface area contributed by atoms with Crippen LogP contribution in [-0.4, -0.2) is 29.4 Å². The smallest absolute Gasteiger partial charge is 0.397 e. The van der Waals surface area contributed by atoms with Gasteiger partial charge in [-0.1, -0.05) is 109 Å². The van der Waals surface area contributed by atoms with Gasteiger partial charge in [0, 0.05) is 6.20 Å². The summed E-state index contributed by atoms with van der Waals surface area (Å²) in [5, 5.41) is 0. The van der Waals surface area contributed by atoms with Crippen LogP contribution in [0.1, 0.15) is 166 Å². The van der Waals surface area contributed by atoms with E-state index >= 15 is 0 Å². The van der Waals surface area contributed by atoms with Crippen LogP contribution in [0.25, 0.3) is 0 Å². The van der Waals surface area contributed by atoms with E-state index in [1.165, 1.54) is 51.4 Å². The molecule has 4 saturated carbocycles. The quantitative estimate of drug-likeness (QED) is 0.145.